The van der Waals surface area contributed by atoms with Crippen molar-refractivity contribution < 1.29 is 14.2 Å². The van der Waals surface area contributed by atoms with Crippen LogP contribution in [-0.4, -0.2) is 63.5 Å². The first-order valence-electron chi connectivity index (χ1n) is 10.1. The van der Waals surface area contributed by atoms with Gasteiger partial charge in [-0.05, 0) is 50.8 Å². The number of nitrogens with one attached hydrogen (secondary N) is 1. The number of rotatable bonds is 10. The number of ether oxygens (including phenoxy) is 3. The van der Waals surface area contributed by atoms with Gasteiger partial charge in [0.2, 0.25) is 0 Å². The fraction of sp³-hybridized carbons (Fsp3) is 0.667. The number of piperidine rings is 1. The largest absolute Gasteiger partial charge is 0.494 e. The maximum atomic E-state index is 5.96. The van der Waals surface area contributed by atoms with Crippen LogP contribution in [0.15, 0.2) is 29.3 Å². The third kappa shape index (κ3) is 8.96. The van der Waals surface area contributed by atoms with E-state index in [1.807, 2.05) is 19.1 Å². The first-order valence-corrected chi connectivity index (χ1v) is 10.1. The summed E-state index contributed by atoms with van der Waals surface area (Å²) in [6.45, 7) is 9.79. The Bertz CT molecular complexity index is 564. The molecule has 0 spiro atoms. The molecule has 1 aliphatic heterocycles. The molecule has 1 heterocycles. The van der Waals surface area contributed by atoms with Crippen LogP contribution in [-0.2, 0) is 16.0 Å². The van der Waals surface area contributed by atoms with Crippen LogP contribution >= 0.6 is 24.0 Å². The number of likely N-dealkylation sites (tertiary alicyclic amines) is 1. The van der Waals surface area contributed by atoms with Gasteiger partial charge in [0.05, 0.1) is 19.3 Å². The first-order chi connectivity index (χ1) is 13.3. The van der Waals surface area contributed by atoms with Gasteiger partial charge in [-0.15, -0.1) is 24.0 Å². The Hall–Kier alpha value is -1.06. The number of halogens is 1. The molecule has 0 aliphatic carbocycles. The van der Waals surface area contributed by atoms with Gasteiger partial charge in [0.25, 0.3) is 0 Å². The van der Waals surface area contributed by atoms with Crippen molar-refractivity contribution in [3.63, 3.8) is 0 Å². The number of aliphatic imine (C=N–C) groups is 1. The average molecular weight is 505 g/mol. The van der Waals surface area contributed by atoms with Crippen LogP contribution in [0.2, 0.25) is 0 Å². The molecule has 0 atom stereocenters. The van der Waals surface area contributed by atoms with Gasteiger partial charge in [0.1, 0.15) is 5.75 Å². The van der Waals surface area contributed by atoms with Gasteiger partial charge in [-0.3, -0.25) is 0 Å². The highest BCUT2D eigenvalue weighted by Gasteiger charge is 2.21. The second-order valence-corrected chi connectivity index (χ2v) is 6.65. The molecule has 0 bridgehead atoms. The second kappa shape index (κ2) is 14.9. The molecule has 1 saturated heterocycles. The van der Waals surface area contributed by atoms with E-state index in [4.69, 9.17) is 19.2 Å². The highest BCUT2D eigenvalue weighted by atomic mass is 127. The van der Waals surface area contributed by atoms with Crippen molar-refractivity contribution in [1.29, 1.82) is 0 Å². The summed E-state index contributed by atoms with van der Waals surface area (Å²) < 4.78 is 16.6. The van der Waals surface area contributed by atoms with Crippen LogP contribution in [0.4, 0.5) is 0 Å². The SMILES string of the molecule is CCNC(=NCc1cccc(OCC)c1)N1CCC(OCCCOC)CC1.I. The van der Waals surface area contributed by atoms with Gasteiger partial charge in [0.15, 0.2) is 5.96 Å². The highest BCUT2D eigenvalue weighted by Crippen LogP contribution is 2.16. The summed E-state index contributed by atoms with van der Waals surface area (Å²) in [7, 11) is 1.73. The van der Waals surface area contributed by atoms with Gasteiger partial charge in [-0.25, -0.2) is 4.99 Å². The molecular formula is C21H36IN3O3. The van der Waals surface area contributed by atoms with Gasteiger partial charge < -0.3 is 24.4 Å². The summed E-state index contributed by atoms with van der Waals surface area (Å²) in [4.78, 5) is 7.18. The zero-order valence-corrected chi connectivity index (χ0v) is 19.8. The molecule has 6 nitrogen and oxygen atoms in total. The Balaban J connectivity index is 0.00000392. The fourth-order valence-electron chi connectivity index (χ4n) is 3.18. The minimum absolute atomic E-state index is 0. The van der Waals surface area contributed by atoms with Crippen molar-refractivity contribution in [3.05, 3.63) is 29.8 Å². The number of nitrogens with zero attached hydrogens (tertiary/aromatic N) is 2. The van der Waals surface area contributed by atoms with Crippen LogP contribution in [0.1, 0.15) is 38.7 Å². The number of methoxy groups -OCH3 is 1. The predicted octanol–water partition coefficient (Wildman–Crippen LogP) is 3.69. The molecule has 2 rings (SSSR count). The lowest BCUT2D eigenvalue weighted by atomic mass is 10.1. The summed E-state index contributed by atoms with van der Waals surface area (Å²) in [5, 5.41) is 3.42. The van der Waals surface area contributed by atoms with E-state index in [1.54, 1.807) is 7.11 Å². The topological polar surface area (TPSA) is 55.3 Å². The van der Waals surface area contributed by atoms with Gasteiger partial charge in [-0.2, -0.15) is 0 Å². The zero-order chi connectivity index (χ0) is 19.3. The average Bonchev–Trinajstić information content (AvgIpc) is 2.70. The van der Waals surface area contributed by atoms with Gasteiger partial charge >= 0.3 is 0 Å². The van der Waals surface area contributed by atoms with E-state index in [2.05, 4.69) is 29.3 Å². The minimum Gasteiger partial charge on any atom is -0.494 e. The van der Waals surface area contributed by atoms with Crippen LogP contribution < -0.4 is 10.1 Å². The third-order valence-corrected chi connectivity index (χ3v) is 4.54. The summed E-state index contributed by atoms with van der Waals surface area (Å²) >= 11 is 0. The van der Waals surface area contributed by atoms with Gasteiger partial charge in [-0.1, -0.05) is 12.1 Å². The molecule has 1 aliphatic rings. The van der Waals surface area contributed by atoms with Crippen LogP contribution in [0.3, 0.4) is 0 Å². The number of hydrogen-bond acceptors (Lipinski definition) is 4. The second-order valence-electron chi connectivity index (χ2n) is 6.65. The third-order valence-electron chi connectivity index (χ3n) is 4.54. The van der Waals surface area contributed by atoms with E-state index in [9.17, 15) is 0 Å². The van der Waals surface area contributed by atoms with Crippen molar-refractivity contribution in [2.45, 2.75) is 45.8 Å². The monoisotopic (exact) mass is 505 g/mol. The van der Waals surface area contributed by atoms with Crippen molar-refractivity contribution in [3.8, 4) is 5.75 Å². The maximum Gasteiger partial charge on any atom is 0.194 e. The van der Waals surface area contributed by atoms with E-state index in [0.717, 1.165) is 69.4 Å². The lowest BCUT2D eigenvalue weighted by molar-refractivity contribution is 0.00990. The minimum atomic E-state index is 0. The van der Waals surface area contributed by atoms with Crippen molar-refractivity contribution in [2.24, 2.45) is 4.99 Å². The lowest BCUT2D eigenvalue weighted by Crippen LogP contribution is -2.47. The van der Waals surface area contributed by atoms with Crippen LogP contribution in [0.5, 0.6) is 5.75 Å². The molecule has 0 amide bonds. The Morgan fingerprint density at radius 3 is 2.68 bits per heavy atom. The molecule has 28 heavy (non-hydrogen) atoms. The molecule has 1 fully saturated rings. The van der Waals surface area contributed by atoms with E-state index in [0.29, 0.717) is 19.3 Å². The number of benzene rings is 1. The summed E-state index contributed by atoms with van der Waals surface area (Å²) in [6.07, 6.45) is 3.39. The maximum absolute atomic E-state index is 5.96. The van der Waals surface area contributed by atoms with E-state index < -0.39 is 0 Å². The molecule has 0 aromatic heterocycles. The molecule has 0 radical (unpaired) electrons. The van der Waals surface area contributed by atoms with E-state index >= 15 is 0 Å². The quantitative estimate of drug-likeness (QED) is 0.228. The Labute approximate surface area is 187 Å². The Kier molecular flexibility index (Phi) is 13.3. The van der Waals surface area contributed by atoms with Crippen LogP contribution in [0, 0.1) is 0 Å². The summed E-state index contributed by atoms with van der Waals surface area (Å²) in [5.74, 6) is 1.89. The predicted molar refractivity (Wildman–Crippen MR) is 125 cm³/mol. The molecule has 0 saturated carbocycles. The van der Waals surface area contributed by atoms with Gasteiger partial charge in [0, 0.05) is 40.0 Å². The van der Waals surface area contributed by atoms with Crippen molar-refractivity contribution in [2.75, 3.05) is 46.6 Å². The first kappa shape index (κ1) is 25.0. The molecule has 1 aromatic carbocycles. The Morgan fingerprint density at radius 1 is 1.21 bits per heavy atom. The Morgan fingerprint density at radius 2 is 2.00 bits per heavy atom. The molecular weight excluding hydrogens is 469 g/mol. The standard InChI is InChI=1S/C21H35N3O3.HI/c1-4-22-21(23-17-18-8-6-9-20(16-18)26-5-2)24-12-10-19(11-13-24)27-15-7-14-25-3;/h6,8-9,16,19H,4-5,7,10-15,17H2,1-3H3,(H,22,23);1H. The van der Waals surface area contributed by atoms with Crippen LogP contribution in [0.25, 0.3) is 0 Å². The van der Waals surface area contributed by atoms with E-state index in [-0.39, 0.29) is 24.0 Å². The highest BCUT2D eigenvalue weighted by molar-refractivity contribution is 14.0. The van der Waals surface area contributed by atoms with Crippen molar-refractivity contribution >= 4 is 29.9 Å². The smallest absolute Gasteiger partial charge is 0.194 e. The molecule has 1 aromatic rings. The van der Waals surface area contributed by atoms with E-state index in [1.165, 1.54) is 0 Å². The fourth-order valence-corrected chi connectivity index (χ4v) is 3.18. The summed E-state index contributed by atoms with van der Waals surface area (Å²) in [6, 6.07) is 8.17. The summed E-state index contributed by atoms with van der Waals surface area (Å²) in [5.41, 5.74) is 1.16. The number of guanidine groups is 1. The molecule has 0 unspecified atom stereocenters. The zero-order valence-electron chi connectivity index (χ0n) is 17.5. The normalized spacial score (nSPS) is 15.2. The molecule has 7 heteroatoms. The molecule has 1 N–H and O–H groups in total. The number of hydrogen-bond donors (Lipinski definition) is 1. The van der Waals surface area contributed by atoms with Crippen molar-refractivity contribution in [1.82, 2.24) is 10.2 Å². The molecule has 160 valence electrons. The lowest BCUT2D eigenvalue weighted by Gasteiger charge is -2.34.